The fourth-order valence-corrected chi connectivity index (χ4v) is 2.60. The van der Waals surface area contributed by atoms with E-state index in [-0.39, 0.29) is 5.41 Å². The first-order chi connectivity index (χ1) is 6.00. The summed E-state index contributed by atoms with van der Waals surface area (Å²) in [6.07, 6.45) is 0. The van der Waals surface area contributed by atoms with Crippen LogP contribution in [0.5, 0.6) is 0 Å². The fourth-order valence-electron chi connectivity index (χ4n) is 1.81. The van der Waals surface area contributed by atoms with Gasteiger partial charge in [0.25, 0.3) is 0 Å². The molecule has 0 fully saturated rings. The van der Waals surface area contributed by atoms with E-state index in [0.717, 1.165) is 4.83 Å². The van der Waals surface area contributed by atoms with Crippen molar-refractivity contribution in [3.05, 3.63) is 17.1 Å². The summed E-state index contributed by atoms with van der Waals surface area (Å²) in [5, 5.41) is 7.88. The van der Waals surface area contributed by atoms with E-state index in [9.17, 15) is 0 Å². The molecule has 70 valence electrons. The van der Waals surface area contributed by atoms with E-state index in [1.54, 1.807) is 11.3 Å². The van der Waals surface area contributed by atoms with Crippen molar-refractivity contribution in [2.75, 3.05) is 0 Å². The molecule has 0 aliphatic heterocycles. The van der Waals surface area contributed by atoms with Crippen LogP contribution >= 0.6 is 11.3 Å². The molecule has 13 heavy (non-hydrogen) atoms. The number of nitrogens with zero attached hydrogens (tertiary/aromatic N) is 2. The van der Waals surface area contributed by atoms with Crippen LogP contribution in [0.4, 0.5) is 0 Å². The van der Waals surface area contributed by atoms with Crippen molar-refractivity contribution in [3.8, 4) is 0 Å². The Morgan fingerprint density at radius 1 is 1.38 bits per heavy atom. The van der Waals surface area contributed by atoms with Crippen LogP contribution in [0.1, 0.15) is 26.5 Å². The van der Waals surface area contributed by atoms with Crippen LogP contribution in [0.3, 0.4) is 0 Å². The summed E-state index contributed by atoms with van der Waals surface area (Å²) in [7, 11) is 2.02. The standard InChI is InChI=1S/C10H14N2S/c1-10(2,3)8-7-5-6-13-9(7)11-12(8)4/h5-6H,1-4H3. The zero-order valence-electron chi connectivity index (χ0n) is 8.46. The Kier molecular flexibility index (Phi) is 1.74. The molecule has 0 saturated heterocycles. The summed E-state index contributed by atoms with van der Waals surface area (Å²) in [5.41, 5.74) is 1.49. The number of fused-ring (bicyclic) bond motifs is 1. The van der Waals surface area contributed by atoms with E-state index in [1.165, 1.54) is 11.1 Å². The first-order valence-electron chi connectivity index (χ1n) is 4.41. The van der Waals surface area contributed by atoms with Crippen molar-refractivity contribution >= 4 is 21.6 Å². The van der Waals surface area contributed by atoms with Gasteiger partial charge in [0.1, 0.15) is 4.83 Å². The van der Waals surface area contributed by atoms with Crippen LogP contribution in [0.25, 0.3) is 10.2 Å². The van der Waals surface area contributed by atoms with Crippen molar-refractivity contribution in [1.29, 1.82) is 0 Å². The minimum absolute atomic E-state index is 0.171. The second-order valence-corrected chi connectivity index (χ2v) is 5.26. The average Bonchev–Trinajstić information content (AvgIpc) is 2.41. The third-order valence-electron chi connectivity index (χ3n) is 2.17. The zero-order valence-corrected chi connectivity index (χ0v) is 9.27. The molecule has 0 atom stereocenters. The van der Waals surface area contributed by atoms with Gasteiger partial charge in [-0.05, 0) is 11.4 Å². The number of hydrogen-bond donors (Lipinski definition) is 0. The van der Waals surface area contributed by atoms with E-state index >= 15 is 0 Å². The molecule has 0 bridgehead atoms. The second-order valence-electron chi connectivity index (χ2n) is 4.36. The van der Waals surface area contributed by atoms with Gasteiger partial charge in [-0.2, -0.15) is 5.10 Å². The Morgan fingerprint density at radius 3 is 2.69 bits per heavy atom. The maximum atomic E-state index is 4.47. The van der Waals surface area contributed by atoms with Gasteiger partial charge in [0.15, 0.2) is 0 Å². The number of rotatable bonds is 0. The number of hydrogen-bond acceptors (Lipinski definition) is 2. The lowest BCUT2D eigenvalue weighted by atomic mass is 9.90. The molecule has 0 aliphatic rings. The Labute approximate surface area is 82.2 Å². The number of aryl methyl sites for hydroxylation is 1. The van der Waals surface area contributed by atoms with Crippen molar-refractivity contribution < 1.29 is 0 Å². The first-order valence-corrected chi connectivity index (χ1v) is 5.29. The molecule has 2 aromatic heterocycles. The minimum atomic E-state index is 0.171. The highest BCUT2D eigenvalue weighted by Crippen LogP contribution is 2.31. The fraction of sp³-hybridized carbons (Fsp3) is 0.500. The molecule has 0 spiro atoms. The SMILES string of the molecule is Cn1nc2sccc2c1C(C)(C)C. The summed E-state index contributed by atoms with van der Waals surface area (Å²) in [5.74, 6) is 0. The zero-order chi connectivity index (χ0) is 9.64. The maximum absolute atomic E-state index is 4.47. The molecule has 3 heteroatoms. The Morgan fingerprint density at radius 2 is 2.08 bits per heavy atom. The predicted molar refractivity (Wildman–Crippen MR) is 57.3 cm³/mol. The molecule has 0 unspecified atom stereocenters. The molecule has 2 nitrogen and oxygen atoms in total. The van der Waals surface area contributed by atoms with E-state index in [0.29, 0.717) is 0 Å². The molecule has 0 amide bonds. The van der Waals surface area contributed by atoms with Gasteiger partial charge < -0.3 is 0 Å². The normalized spacial score (nSPS) is 12.6. The van der Waals surface area contributed by atoms with Crippen molar-refractivity contribution in [2.45, 2.75) is 26.2 Å². The van der Waals surface area contributed by atoms with Gasteiger partial charge >= 0.3 is 0 Å². The summed E-state index contributed by atoms with van der Waals surface area (Å²) in [4.78, 5) is 1.15. The van der Waals surface area contributed by atoms with E-state index in [4.69, 9.17) is 0 Å². The molecular formula is C10H14N2S. The number of thiophene rings is 1. The largest absolute Gasteiger partial charge is 0.270 e. The lowest BCUT2D eigenvalue weighted by Crippen LogP contribution is -2.16. The molecule has 2 rings (SSSR count). The molecule has 0 radical (unpaired) electrons. The van der Waals surface area contributed by atoms with Gasteiger partial charge in [-0.3, -0.25) is 4.68 Å². The van der Waals surface area contributed by atoms with E-state index in [1.807, 2.05) is 11.7 Å². The molecule has 0 N–H and O–H groups in total. The van der Waals surface area contributed by atoms with Gasteiger partial charge in [0.05, 0.1) is 5.69 Å². The summed E-state index contributed by atoms with van der Waals surface area (Å²) < 4.78 is 2.00. The highest BCUT2D eigenvalue weighted by molar-refractivity contribution is 7.16. The van der Waals surface area contributed by atoms with Gasteiger partial charge in [0.2, 0.25) is 0 Å². The maximum Gasteiger partial charge on any atom is 0.145 e. The van der Waals surface area contributed by atoms with E-state index < -0.39 is 0 Å². The topological polar surface area (TPSA) is 17.8 Å². The third kappa shape index (κ3) is 1.27. The second kappa shape index (κ2) is 2.58. The molecule has 2 aromatic rings. The van der Waals surface area contributed by atoms with Crippen LogP contribution in [-0.2, 0) is 12.5 Å². The summed E-state index contributed by atoms with van der Waals surface area (Å²) in [6, 6.07) is 2.16. The van der Waals surface area contributed by atoms with Crippen LogP contribution in [0.15, 0.2) is 11.4 Å². The first kappa shape index (κ1) is 8.75. The van der Waals surface area contributed by atoms with E-state index in [2.05, 4.69) is 37.3 Å². The van der Waals surface area contributed by atoms with Crippen molar-refractivity contribution in [3.63, 3.8) is 0 Å². The lowest BCUT2D eigenvalue weighted by molar-refractivity contribution is 0.528. The highest BCUT2D eigenvalue weighted by Gasteiger charge is 2.22. The summed E-state index contributed by atoms with van der Waals surface area (Å²) in [6.45, 7) is 6.67. The van der Waals surface area contributed by atoms with Crippen molar-refractivity contribution in [2.24, 2.45) is 7.05 Å². The molecule has 0 saturated carbocycles. The Bertz CT molecular complexity index is 431. The average molecular weight is 194 g/mol. The van der Waals surface area contributed by atoms with Crippen LogP contribution in [-0.4, -0.2) is 9.78 Å². The van der Waals surface area contributed by atoms with Gasteiger partial charge in [-0.1, -0.05) is 20.8 Å². The molecule has 2 heterocycles. The van der Waals surface area contributed by atoms with Crippen LogP contribution in [0, 0.1) is 0 Å². The molecule has 0 aliphatic carbocycles. The van der Waals surface area contributed by atoms with Gasteiger partial charge in [-0.25, -0.2) is 0 Å². The highest BCUT2D eigenvalue weighted by atomic mass is 32.1. The quantitative estimate of drug-likeness (QED) is 0.630. The van der Waals surface area contributed by atoms with Crippen LogP contribution in [0.2, 0.25) is 0 Å². The van der Waals surface area contributed by atoms with Crippen molar-refractivity contribution in [1.82, 2.24) is 9.78 Å². The number of aromatic nitrogens is 2. The lowest BCUT2D eigenvalue weighted by Gasteiger charge is -2.18. The third-order valence-corrected chi connectivity index (χ3v) is 2.97. The Hall–Kier alpha value is -0.830. The van der Waals surface area contributed by atoms with Gasteiger partial charge in [0, 0.05) is 17.8 Å². The molecular weight excluding hydrogens is 180 g/mol. The smallest absolute Gasteiger partial charge is 0.145 e. The summed E-state index contributed by atoms with van der Waals surface area (Å²) >= 11 is 1.71. The predicted octanol–water partition coefficient (Wildman–Crippen LogP) is 2.93. The Balaban J connectivity index is 2.78. The van der Waals surface area contributed by atoms with Crippen LogP contribution < -0.4 is 0 Å². The monoisotopic (exact) mass is 194 g/mol. The molecule has 0 aromatic carbocycles. The van der Waals surface area contributed by atoms with Gasteiger partial charge in [-0.15, -0.1) is 11.3 Å². The minimum Gasteiger partial charge on any atom is -0.270 e.